The molecule has 0 aliphatic heterocycles. The highest BCUT2D eigenvalue weighted by Gasteiger charge is 2.25. The van der Waals surface area contributed by atoms with Crippen molar-refractivity contribution in [1.29, 1.82) is 0 Å². The molecule has 228 valence electrons. The van der Waals surface area contributed by atoms with Gasteiger partial charge in [-0.3, -0.25) is 14.9 Å². The number of ether oxygens (including phenoxy) is 3. The molecule has 4 aromatic rings. The molecule has 1 aliphatic rings. The van der Waals surface area contributed by atoms with Crippen LogP contribution in [0.15, 0.2) is 24.3 Å². The Bertz CT molecular complexity index is 1650. The van der Waals surface area contributed by atoms with Crippen LogP contribution in [-0.4, -0.2) is 43.2 Å². The van der Waals surface area contributed by atoms with E-state index in [1.54, 1.807) is 14.2 Å². The first-order valence-corrected chi connectivity index (χ1v) is 15.8. The molecule has 43 heavy (non-hydrogen) atoms. The quantitative estimate of drug-likeness (QED) is 0.180. The van der Waals surface area contributed by atoms with E-state index in [9.17, 15) is 9.59 Å². The van der Waals surface area contributed by atoms with E-state index in [2.05, 4.69) is 10.3 Å². The smallest absolute Gasteiger partial charge is 0.310 e. The number of amides is 1. The maximum atomic E-state index is 13.8. The summed E-state index contributed by atoms with van der Waals surface area (Å²) in [6.07, 6.45) is 8.37. The van der Waals surface area contributed by atoms with Gasteiger partial charge < -0.3 is 19.2 Å². The van der Waals surface area contributed by atoms with Crippen molar-refractivity contribution < 1.29 is 23.8 Å². The Morgan fingerprint density at radius 1 is 1.00 bits per heavy atom. The third kappa shape index (κ3) is 6.42. The molecule has 0 bridgehead atoms. The molecule has 5 rings (SSSR count). The zero-order valence-corrected chi connectivity index (χ0v) is 26.8. The summed E-state index contributed by atoms with van der Waals surface area (Å²) in [6, 6.07) is 7.88. The fourth-order valence-corrected chi connectivity index (χ4v) is 7.21. The molecule has 1 fully saturated rings. The minimum Gasteiger partial charge on any atom is -0.496 e. The third-order valence-corrected chi connectivity index (χ3v) is 9.80. The molecule has 2 aromatic carbocycles. The van der Waals surface area contributed by atoms with Crippen LogP contribution < -0.4 is 14.8 Å². The number of hydrogen-bond donors (Lipinski definition) is 2. The van der Waals surface area contributed by atoms with Crippen molar-refractivity contribution in [2.24, 2.45) is 5.92 Å². The average molecular weight is 604 g/mol. The minimum absolute atomic E-state index is 0.0142. The molecule has 8 nitrogen and oxygen atoms in total. The first-order valence-electron chi connectivity index (χ1n) is 15.0. The molecule has 0 radical (unpaired) electrons. The Labute approximate surface area is 257 Å². The zero-order valence-electron chi connectivity index (χ0n) is 25.9. The van der Waals surface area contributed by atoms with Gasteiger partial charge in [0.2, 0.25) is 0 Å². The number of methoxy groups -OCH3 is 3. The lowest BCUT2D eigenvalue weighted by molar-refractivity contribution is -0.139. The van der Waals surface area contributed by atoms with Crippen LogP contribution in [0.2, 0.25) is 0 Å². The van der Waals surface area contributed by atoms with Gasteiger partial charge >= 0.3 is 5.97 Å². The van der Waals surface area contributed by atoms with Gasteiger partial charge in [-0.25, -0.2) is 4.98 Å². The maximum Gasteiger partial charge on any atom is 0.310 e. The van der Waals surface area contributed by atoms with Gasteiger partial charge in [0, 0.05) is 26.9 Å². The van der Waals surface area contributed by atoms with Crippen LogP contribution in [0, 0.1) is 26.7 Å². The lowest BCUT2D eigenvalue weighted by Gasteiger charge is -2.21. The largest absolute Gasteiger partial charge is 0.496 e. The number of aryl methyl sites for hydroxylation is 4. The lowest BCUT2D eigenvalue weighted by atomic mass is 9.86. The molecule has 0 spiro atoms. The predicted octanol–water partition coefficient (Wildman–Crippen LogP) is 7.71. The second-order valence-electron chi connectivity index (χ2n) is 11.5. The van der Waals surface area contributed by atoms with Crippen LogP contribution in [0.1, 0.15) is 76.1 Å². The fraction of sp³-hybridized carbons (Fsp3) is 0.441. The number of aromatic nitrogens is 2. The molecule has 2 N–H and O–H groups in total. The molecule has 0 saturated heterocycles. The summed E-state index contributed by atoms with van der Waals surface area (Å²) in [5.41, 5.74) is 6.47. The van der Waals surface area contributed by atoms with Crippen LogP contribution in [0.25, 0.3) is 22.2 Å². The number of nitrogens with zero attached hydrogens (tertiary/aromatic N) is 1. The fourth-order valence-electron chi connectivity index (χ4n) is 6.22. The Balaban J connectivity index is 1.53. The molecule has 1 aliphatic carbocycles. The Kier molecular flexibility index (Phi) is 9.40. The van der Waals surface area contributed by atoms with E-state index in [1.165, 1.54) is 50.6 Å². The van der Waals surface area contributed by atoms with Crippen molar-refractivity contribution >= 4 is 39.2 Å². The van der Waals surface area contributed by atoms with Gasteiger partial charge in [-0.1, -0.05) is 38.2 Å². The normalized spacial score (nSPS) is 13.7. The number of fused-ring (bicyclic) bond motifs is 1. The van der Waals surface area contributed by atoms with Gasteiger partial charge in [-0.2, -0.15) is 0 Å². The summed E-state index contributed by atoms with van der Waals surface area (Å²) >= 11 is 1.49. The highest BCUT2D eigenvalue weighted by atomic mass is 32.1. The van der Waals surface area contributed by atoms with Gasteiger partial charge in [0.05, 0.1) is 33.4 Å². The lowest BCUT2D eigenvalue weighted by Crippen LogP contribution is -2.16. The van der Waals surface area contributed by atoms with Gasteiger partial charge in [-0.05, 0) is 74.4 Å². The molecule has 0 unspecified atom stereocenters. The van der Waals surface area contributed by atoms with Crippen LogP contribution in [0.3, 0.4) is 0 Å². The van der Waals surface area contributed by atoms with Gasteiger partial charge in [0.1, 0.15) is 17.2 Å². The van der Waals surface area contributed by atoms with E-state index in [0.29, 0.717) is 28.1 Å². The van der Waals surface area contributed by atoms with Crippen molar-refractivity contribution in [2.45, 2.75) is 72.1 Å². The first kappa shape index (κ1) is 30.6. The van der Waals surface area contributed by atoms with Crippen molar-refractivity contribution in [3.63, 3.8) is 0 Å². The van der Waals surface area contributed by atoms with Crippen LogP contribution in [0.4, 0.5) is 5.13 Å². The standard InChI is InChI=1S/C34H41N3O5S/c1-19-12-14-25-30(21(19)3)24(18-29(38)42-6)32(35-25)33(39)37-34-36-31(23-17-26(40-4)20(2)16-27(23)41-5)28(43-34)15-13-22-10-8-7-9-11-22/h12,14,16-17,22,35H,7-11,13,15,18H2,1-6H3,(H,36,37,39). The van der Waals surface area contributed by atoms with Crippen LogP contribution in [-0.2, 0) is 22.4 Å². The summed E-state index contributed by atoms with van der Waals surface area (Å²) in [7, 11) is 4.67. The summed E-state index contributed by atoms with van der Waals surface area (Å²) < 4.78 is 16.4. The van der Waals surface area contributed by atoms with E-state index in [1.807, 2.05) is 45.0 Å². The monoisotopic (exact) mass is 603 g/mol. The van der Waals surface area contributed by atoms with E-state index in [0.717, 1.165) is 62.3 Å². The average Bonchev–Trinajstić information content (AvgIpc) is 3.59. The molecule has 9 heteroatoms. The van der Waals surface area contributed by atoms with Gasteiger partial charge in [0.15, 0.2) is 5.13 Å². The molecule has 1 amide bonds. The molecule has 2 heterocycles. The number of thiazole rings is 1. The Morgan fingerprint density at radius 2 is 1.74 bits per heavy atom. The second-order valence-corrected chi connectivity index (χ2v) is 12.6. The topological polar surface area (TPSA) is 103 Å². The van der Waals surface area contributed by atoms with E-state index < -0.39 is 5.97 Å². The zero-order chi connectivity index (χ0) is 30.7. The number of aromatic amines is 1. The molecule has 2 aromatic heterocycles. The Hall–Kier alpha value is -3.85. The second kappa shape index (κ2) is 13.2. The summed E-state index contributed by atoms with van der Waals surface area (Å²) in [5, 5.41) is 4.42. The third-order valence-electron chi connectivity index (χ3n) is 8.77. The molecular formula is C34H41N3O5S. The Morgan fingerprint density at radius 3 is 2.44 bits per heavy atom. The highest BCUT2D eigenvalue weighted by Crippen LogP contribution is 2.41. The van der Waals surface area contributed by atoms with Crippen LogP contribution >= 0.6 is 11.3 Å². The first-order chi connectivity index (χ1) is 20.7. The number of benzene rings is 2. The van der Waals surface area contributed by atoms with Crippen molar-refractivity contribution in [3.8, 4) is 22.8 Å². The number of carbonyl (C=O) groups is 2. The number of H-pyrrole nitrogens is 1. The van der Waals surface area contributed by atoms with Gasteiger partial charge in [-0.15, -0.1) is 11.3 Å². The number of nitrogens with one attached hydrogen (secondary N) is 2. The van der Waals surface area contributed by atoms with Crippen LogP contribution in [0.5, 0.6) is 11.5 Å². The highest BCUT2D eigenvalue weighted by molar-refractivity contribution is 7.16. The van der Waals surface area contributed by atoms with E-state index >= 15 is 0 Å². The van der Waals surface area contributed by atoms with Gasteiger partial charge in [0.25, 0.3) is 5.91 Å². The van der Waals surface area contributed by atoms with Crippen molar-refractivity contribution in [2.75, 3.05) is 26.6 Å². The minimum atomic E-state index is -0.405. The number of esters is 1. The number of carbonyl (C=O) groups excluding carboxylic acids is 2. The SMILES string of the molecule is COC(=O)Cc1c(C(=O)Nc2nc(-c3cc(OC)c(C)cc3OC)c(CCC3CCCCC3)s2)[nH]c2ccc(C)c(C)c12. The van der Waals surface area contributed by atoms with E-state index in [-0.39, 0.29) is 12.3 Å². The number of anilines is 1. The molecule has 1 saturated carbocycles. The number of rotatable bonds is 10. The summed E-state index contributed by atoms with van der Waals surface area (Å²) in [5.74, 6) is 1.42. The van der Waals surface area contributed by atoms with E-state index in [4.69, 9.17) is 19.2 Å². The molecular weight excluding hydrogens is 562 g/mol. The maximum absolute atomic E-state index is 13.8. The summed E-state index contributed by atoms with van der Waals surface area (Å²) in [4.78, 5) is 35.5. The molecule has 0 atom stereocenters. The summed E-state index contributed by atoms with van der Waals surface area (Å²) in [6.45, 7) is 6.00. The van der Waals surface area contributed by atoms with Crippen molar-refractivity contribution in [3.05, 3.63) is 57.1 Å². The van der Waals surface area contributed by atoms with Crippen molar-refractivity contribution in [1.82, 2.24) is 9.97 Å². The predicted molar refractivity (Wildman–Crippen MR) is 172 cm³/mol. The number of hydrogen-bond acceptors (Lipinski definition) is 7.